The van der Waals surface area contributed by atoms with Gasteiger partial charge in [0.25, 0.3) is 0 Å². The number of benzene rings is 3. The fourth-order valence-corrected chi connectivity index (χ4v) is 3.18. The number of rotatable bonds is 7. The smallest absolute Gasteiger partial charge is 0.227 e. The summed E-state index contributed by atoms with van der Waals surface area (Å²) in [6.07, 6.45) is 1.78. The van der Waals surface area contributed by atoms with Crippen LogP contribution in [0.15, 0.2) is 71.1 Å². The van der Waals surface area contributed by atoms with E-state index in [1.165, 1.54) is 0 Å². The van der Waals surface area contributed by atoms with E-state index in [0.717, 1.165) is 27.8 Å². The van der Waals surface area contributed by atoms with E-state index in [4.69, 9.17) is 19.0 Å². The van der Waals surface area contributed by atoms with Crippen molar-refractivity contribution >= 4 is 22.7 Å². The zero-order chi connectivity index (χ0) is 21.6. The summed E-state index contributed by atoms with van der Waals surface area (Å²) in [5.74, 6) is 1.61. The van der Waals surface area contributed by atoms with Gasteiger partial charge in [0, 0.05) is 5.56 Å². The van der Waals surface area contributed by atoms with Gasteiger partial charge in [0.05, 0.1) is 25.4 Å². The van der Waals surface area contributed by atoms with Crippen LogP contribution in [-0.4, -0.2) is 30.4 Å². The summed E-state index contributed by atoms with van der Waals surface area (Å²) in [7, 11) is 1.55. The van der Waals surface area contributed by atoms with Crippen LogP contribution < -0.4 is 9.47 Å². The molecule has 6 nitrogen and oxygen atoms in total. The molecule has 4 rings (SSSR count). The molecule has 0 aliphatic carbocycles. The molecule has 0 spiro atoms. The van der Waals surface area contributed by atoms with Crippen LogP contribution in [-0.2, 0) is 0 Å². The van der Waals surface area contributed by atoms with Crippen molar-refractivity contribution in [2.75, 3.05) is 20.3 Å². The Bertz CT molecular complexity index is 1230. The summed E-state index contributed by atoms with van der Waals surface area (Å²) in [4.78, 5) is 4.51. The fourth-order valence-electron chi connectivity index (χ4n) is 3.18. The van der Waals surface area contributed by atoms with E-state index < -0.39 is 0 Å². The first-order valence-corrected chi connectivity index (χ1v) is 9.71. The first kappa shape index (κ1) is 20.2. The lowest BCUT2D eigenvalue weighted by Crippen LogP contribution is -2.03. The topological polar surface area (TPSA) is 88.5 Å². The summed E-state index contributed by atoms with van der Waals surface area (Å²) in [6, 6.07) is 22.8. The lowest BCUT2D eigenvalue weighted by atomic mass is 10.0. The molecule has 154 valence electrons. The minimum absolute atomic E-state index is 0.0804. The predicted octanol–water partition coefficient (Wildman–Crippen LogP) is 4.94. The third-order valence-corrected chi connectivity index (χ3v) is 4.70. The Morgan fingerprint density at radius 2 is 1.90 bits per heavy atom. The van der Waals surface area contributed by atoms with Crippen LogP contribution >= 0.6 is 0 Å². The molecule has 0 aliphatic rings. The summed E-state index contributed by atoms with van der Waals surface area (Å²) in [5, 5.41) is 18.6. The van der Waals surface area contributed by atoms with Crippen molar-refractivity contribution in [1.29, 1.82) is 5.26 Å². The Hall–Kier alpha value is -4.08. The van der Waals surface area contributed by atoms with Crippen LogP contribution in [0.1, 0.15) is 11.1 Å². The number of nitrogens with zero attached hydrogens (tertiary/aromatic N) is 2. The largest absolute Gasteiger partial charge is 0.493 e. The second-order valence-electron chi connectivity index (χ2n) is 6.72. The SMILES string of the molecule is COc1cc(C=C(C#N)c2ccc(-c3nc4ccccc4o3)cc2)ccc1OCCO. The average molecular weight is 412 g/mol. The maximum atomic E-state index is 9.69. The Morgan fingerprint density at radius 1 is 1.10 bits per heavy atom. The van der Waals surface area contributed by atoms with Gasteiger partial charge in [-0.2, -0.15) is 5.26 Å². The number of ether oxygens (including phenoxy) is 2. The van der Waals surface area contributed by atoms with E-state index in [-0.39, 0.29) is 13.2 Å². The number of para-hydroxylation sites is 2. The molecule has 0 bridgehead atoms. The zero-order valence-corrected chi connectivity index (χ0v) is 16.9. The molecule has 6 heteroatoms. The highest BCUT2D eigenvalue weighted by Crippen LogP contribution is 2.30. The van der Waals surface area contributed by atoms with E-state index in [9.17, 15) is 5.26 Å². The number of allylic oxidation sites excluding steroid dienone is 1. The van der Waals surface area contributed by atoms with Gasteiger partial charge in [-0.25, -0.2) is 4.98 Å². The first-order chi connectivity index (χ1) is 15.2. The second kappa shape index (κ2) is 9.16. The average Bonchev–Trinajstić information content (AvgIpc) is 3.26. The number of hydrogen-bond acceptors (Lipinski definition) is 6. The molecule has 0 unspecified atom stereocenters. The molecular formula is C25H20N2O4. The number of oxazole rings is 1. The number of aliphatic hydroxyl groups is 1. The van der Waals surface area contributed by atoms with Crippen LogP contribution in [0.4, 0.5) is 0 Å². The summed E-state index contributed by atoms with van der Waals surface area (Å²) >= 11 is 0. The summed E-state index contributed by atoms with van der Waals surface area (Å²) in [6.45, 7) is 0.102. The Labute approximate surface area is 179 Å². The molecule has 0 fully saturated rings. The van der Waals surface area contributed by atoms with Gasteiger partial charge in [-0.1, -0.05) is 30.3 Å². The van der Waals surface area contributed by atoms with Crippen molar-refractivity contribution in [3.05, 3.63) is 77.9 Å². The molecule has 0 aliphatic heterocycles. The van der Waals surface area contributed by atoms with Gasteiger partial charge in [0.1, 0.15) is 12.1 Å². The van der Waals surface area contributed by atoms with Crippen molar-refractivity contribution in [3.63, 3.8) is 0 Å². The Kier molecular flexibility index (Phi) is 5.97. The lowest BCUT2D eigenvalue weighted by Gasteiger charge is -2.10. The molecule has 0 radical (unpaired) electrons. The normalized spacial score (nSPS) is 11.3. The van der Waals surface area contributed by atoms with Gasteiger partial charge >= 0.3 is 0 Å². The number of hydrogen-bond donors (Lipinski definition) is 1. The quantitative estimate of drug-likeness (QED) is 0.342. The minimum Gasteiger partial charge on any atom is -0.493 e. The molecular weight excluding hydrogens is 392 g/mol. The Balaban J connectivity index is 1.60. The standard InChI is InChI=1S/C25H20N2O4/c1-29-24-15-17(6-11-23(24)30-13-12-28)14-20(16-26)18-7-9-19(10-8-18)25-27-21-4-2-3-5-22(21)31-25/h2-11,14-15,28H,12-13H2,1H3. The fraction of sp³-hybridized carbons (Fsp3) is 0.120. The van der Waals surface area contributed by atoms with Crippen molar-refractivity contribution in [1.82, 2.24) is 4.98 Å². The molecule has 4 aromatic rings. The van der Waals surface area contributed by atoms with Crippen LogP contribution in [0.25, 0.3) is 34.2 Å². The first-order valence-electron chi connectivity index (χ1n) is 9.71. The van der Waals surface area contributed by atoms with Gasteiger partial charge in [-0.05, 0) is 53.6 Å². The molecule has 0 amide bonds. The molecule has 1 N–H and O–H groups in total. The van der Waals surface area contributed by atoms with Crippen LogP contribution in [0.3, 0.4) is 0 Å². The van der Waals surface area contributed by atoms with E-state index in [0.29, 0.717) is 23.0 Å². The second-order valence-corrected chi connectivity index (χ2v) is 6.72. The third kappa shape index (κ3) is 4.42. The summed E-state index contributed by atoms with van der Waals surface area (Å²) < 4.78 is 16.6. The van der Waals surface area contributed by atoms with Crippen LogP contribution in [0.2, 0.25) is 0 Å². The number of nitriles is 1. The number of methoxy groups -OCH3 is 1. The molecule has 1 heterocycles. The van der Waals surface area contributed by atoms with Crippen LogP contribution in [0, 0.1) is 11.3 Å². The van der Waals surface area contributed by atoms with Crippen LogP contribution in [0.5, 0.6) is 11.5 Å². The highest BCUT2D eigenvalue weighted by Gasteiger charge is 2.10. The van der Waals surface area contributed by atoms with E-state index in [2.05, 4.69) is 11.1 Å². The van der Waals surface area contributed by atoms with E-state index >= 15 is 0 Å². The molecule has 0 atom stereocenters. The lowest BCUT2D eigenvalue weighted by molar-refractivity contribution is 0.196. The monoisotopic (exact) mass is 412 g/mol. The maximum absolute atomic E-state index is 9.69. The van der Waals surface area contributed by atoms with Gasteiger partial charge in [0.15, 0.2) is 17.1 Å². The summed E-state index contributed by atoms with van der Waals surface area (Å²) in [5.41, 5.74) is 4.47. The minimum atomic E-state index is -0.0804. The Morgan fingerprint density at radius 3 is 2.61 bits per heavy atom. The molecule has 1 aromatic heterocycles. The van der Waals surface area contributed by atoms with E-state index in [1.54, 1.807) is 25.3 Å². The molecule has 0 saturated heterocycles. The zero-order valence-electron chi connectivity index (χ0n) is 16.9. The van der Waals surface area contributed by atoms with Crippen molar-refractivity contribution in [2.45, 2.75) is 0 Å². The number of fused-ring (bicyclic) bond motifs is 1. The highest BCUT2D eigenvalue weighted by molar-refractivity contribution is 5.90. The highest BCUT2D eigenvalue weighted by atomic mass is 16.5. The van der Waals surface area contributed by atoms with Gasteiger partial charge < -0.3 is 19.0 Å². The van der Waals surface area contributed by atoms with Gasteiger partial charge in [-0.15, -0.1) is 0 Å². The molecule has 3 aromatic carbocycles. The predicted molar refractivity (Wildman–Crippen MR) is 119 cm³/mol. The molecule has 0 saturated carbocycles. The van der Waals surface area contributed by atoms with Gasteiger partial charge in [-0.3, -0.25) is 0 Å². The van der Waals surface area contributed by atoms with E-state index in [1.807, 2.05) is 54.6 Å². The third-order valence-electron chi connectivity index (χ3n) is 4.70. The maximum Gasteiger partial charge on any atom is 0.227 e. The number of aromatic nitrogens is 1. The van der Waals surface area contributed by atoms with Crippen molar-refractivity contribution in [2.24, 2.45) is 0 Å². The van der Waals surface area contributed by atoms with Crippen molar-refractivity contribution in [3.8, 4) is 29.0 Å². The molecule has 31 heavy (non-hydrogen) atoms. The number of aliphatic hydroxyl groups excluding tert-OH is 1. The van der Waals surface area contributed by atoms with Gasteiger partial charge in [0.2, 0.25) is 5.89 Å². The van der Waals surface area contributed by atoms with Crippen molar-refractivity contribution < 1.29 is 19.0 Å².